The van der Waals surface area contributed by atoms with Gasteiger partial charge in [0, 0.05) is 45.5 Å². The van der Waals surface area contributed by atoms with Crippen LogP contribution >= 0.6 is 0 Å². The summed E-state index contributed by atoms with van der Waals surface area (Å²) < 4.78 is 11.4. The third kappa shape index (κ3) is 35.7. The first-order valence-corrected chi connectivity index (χ1v) is 26.9. The van der Waals surface area contributed by atoms with Crippen LogP contribution in [0.25, 0.3) is 0 Å². The van der Waals surface area contributed by atoms with Gasteiger partial charge >= 0.3 is 11.9 Å². The molecule has 10 nitrogen and oxygen atoms in total. The lowest BCUT2D eigenvalue weighted by Gasteiger charge is -2.32. The van der Waals surface area contributed by atoms with Gasteiger partial charge in [0.2, 0.25) is 11.8 Å². The van der Waals surface area contributed by atoms with Gasteiger partial charge < -0.3 is 29.7 Å². The molecule has 0 radical (unpaired) electrons. The van der Waals surface area contributed by atoms with Gasteiger partial charge in [0.05, 0.1) is 13.2 Å². The van der Waals surface area contributed by atoms with Crippen LogP contribution < -0.4 is 5.32 Å². The van der Waals surface area contributed by atoms with Crippen molar-refractivity contribution in [2.45, 2.75) is 253 Å². The zero-order valence-corrected chi connectivity index (χ0v) is 42.3. The SMILES string of the molecule is CCCCCCC(CCCC)COC(=O)CCCCCCCCC(C(=O)NCCCCCCCC(=O)OCC(CCCC)CCCCCC)N(CCCO)C(=O)CCN(CC)CC. The Balaban J connectivity index is 4.90. The topological polar surface area (TPSA) is 125 Å². The minimum absolute atomic E-state index is 0.0301. The highest BCUT2D eigenvalue weighted by Crippen LogP contribution is 2.21. The second kappa shape index (κ2) is 45.0. The first-order valence-electron chi connectivity index (χ1n) is 26.9. The van der Waals surface area contributed by atoms with Crippen LogP contribution in [0, 0.1) is 11.8 Å². The van der Waals surface area contributed by atoms with E-state index in [1.165, 1.54) is 77.0 Å². The summed E-state index contributed by atoms with van der Waals surface area (Å²) in [6.45, 7) is 17.5. The molecule has 0 rings (SSSR count). The Kier molecular flexibility index (Phi) is 43.4. The van der Waals surface area contributed by atoms with E-state index in [2.05, 4.69) is 51.8 Å². The summed E-state index contributed by atoms with van der Waals surface area (Å²) >= 11 is 0. The molecule has 0 bridgehead atoms. The number of carbonyl (C=O) groups is 4. The van der Waals surface area contributed by atoms with Crippen LogP contribution in [-0.4, -0.2) is 97.2 Å². The van der Waals surface area contributed by atoms with Gasteiger partial charge in [0.25, 0.3) is 0 Å². The van der Waals surface area contributed by atoms with Crippen molar-refractivity contribution in [2.75, 3.05) is 52.5 Å². The molecule has 0 aliphatic rings. The van der Waals surface area contributed by atoms with Crippen molar-refractivity contribution in [1.82, 2.24) is 15.1 Å². The maximum absolute atomic E-state index is 13.8. The molecule has 0 aromatic heterocycles. The number of hydrogen-bond acceptors (Lipinski definition) is 8. The zero-order chi connectivity index (χ0) is 46.6. The second-order valence-corrected chi connectivity index (χ2v) is 18.5. The third-order valence-electron chi connectivity index (χ3n) is 12.9. The van der Waals surface area contributed by atoms with E-state index in [0.717, 1.165) is 109 Å². The van der Waals surface area contributed by atoms with Crippen molar-refractivity contribution in [3.05, 3.63) is 0 Å². The molecule has 0 saturated heterocycles. The summed E-state index contributed by atoms with van der Waals surface area (Å²) in [6.07, 6.45) is 31.9. The van der Waals surface area contributed by atoms with Crippen LogP contribution in [0.4, 0.5) is 0 Å². The van der Waals surface area contributed by atoms with Gasteiger partial charge in [-0.3, -0.25) is 19.2 Å². The maximum atomic E-state index is 13.8. The molecule has 63 heavy (non-hydrogen) atoms. The molecule has 3 atom stereocenters. The highest BCUT2D eigenvalue weighted by Gasteiger charge is 2.29. The highest BCUT2D eigenvalue weighted by molar-refractivity contribution is 5.87. The quantitative estimate of drug-likeness (QED) is 0.0457. The minimum Gasteiger partial charge on any atom is -0.465 e. The fraction of sp³-hybridized carbons (Fsp3) is 0.925. The van der Waals surface area contributed by atoms with E-state index >= 15 is 0 Å². The number of unbranched alkanes of at least 4 members (excludes halogenated alkanes) is 17. The van der Waals surface area contributed by atoms with Crippen molar-refractivity contribution >= 4 is 23.8 Å². The van der Waals surface area contributed by atoms with Crippen molar-refractivity contribution in [2.24, 2.45) is 11.8 Å². The predicted octanol–water partition coefficient (Wildman–Crippen LogP) is 12.5. The van der Waals surface area contributed by atoms with Gasteiger partial charge in [-0.2, -0.15) is 0 Å². The summed E-state index contributed by atoms with van der Waals surface area (Å²) in [5.41, 5.74) is 0. The monoisotopic (exact) mass is 894 g/mol. The molecule has 0 fully saturated rings. The molecule has 2 amide bonds. The second-order valence-electron chi connectivity index (χ2n) is 18.5. The number of nitrogens with zero attached hydrogens (tertiary/aromatic N) is 2. The predicted molar refractivity (Wildman–Crippen MR) is 263 cm³/mol. The van der Waals surface area contributed by atoms with Crippen molar-refractivity contribution < 1.29 is 33.8 Å². The number of aliphatic hydroxyl groups is 1. The molecule has 0 aliphatic heterocycles. The number of esters is 2. The number of aliphatic hydroxyl groups excluding tert-OH is 1. The van der Waals surface area contributed by atoms with E-state index in [9.17, 15) is 24.3 Å². The van der Waals surface area contributed by atoms with Gasteiger partial charge in [0.1, 0.15) is 6.04 Å². The third-order valence-corrected chi connectivity index (χ3v) is 12.9. The molecule has 0 aromatic rings. The Bertz CT molecular complexity index is 1070. The lowest BCUT2D eigenvalue weighted by molar-refractivity contribution is -0.146. The molecule has 0 saturated carbocycles. The minimum atomic E-state index is -0.563. The molecule has 0 aliphatic carbocycles. The number of amides is 2. The number of nitrogens with one attached hydrogen (secondary N) is 1. The van der Waals surface area contributed by atoms with Crippen LogP contribution in [0.3, 0.4) is 0 Å². The Morgan fingerprint density at radius 2 is 0.905 bits per heavy atom. The Morgan fingerprint density at radius 1 is 0.476 bits per heavy atom. The Morgan fingerprint density at radius 3 is 1.38 bits per heavy atom. The molecule has 3 unspecified atom stereocenters. The van der Waals surface area contributed by atoms with Gasteiger partial charge in [-0.1, -0.05) is 170 Å². The summed E-state index contributed by atoms with van der Waals surface area (Å²) in [7, 11) is 0. The Hall–Kier alpha value is -2.20. The van der Waals surface area contributed by atoms with Crippen LogP contribution in [0.2, 0.25) is 0 Å². The summed E-state index contributed by atoms with van der Waals surface area (Å²) in [4.78, 5) is 56.4. The molecular weight excluding hydrogens is 791 g/mol. The van der Waals surface area contributed by atoms with Gasteiger partial charge in [-0.25, -0.2) is 0 Å². The molecular formula is C53H103N3O7. The molecule has 0 spiro atoms. The Labute approximate surface area is 388 Å². The number of hydrogen-bond donors (Lipinski definition) is 2. The summed E-state index contributed by atoms with van der Waals surface area (Å²) in [5, 5.41) is 12.9. The van der Waals surface area contributed by atoms with Crippen LogP contribution in [0.5, 0.6) is 0 Å². The lowest BCUT2D eigenvalue weighted by Crippen LogP contribution is -2.50. The number of rotatable bonds is 47. The van der Waals surface area contributed by atoms with Crippen molar-refractivity contribution in [1.29, 1.82) is 0 Å². The maximum Gasteiger partial charge on any atom is 0.305 e. The van der Waals surface area contributed by atoms with E-state index in [1.54, 1.807) is 4.90 Å². The molecule has 372 valence electrons. The summed E-state index contributed by atoms with van der Waals surface area (Å²) in [6, 6.07) is -0.563. The van der Waals surface area contributed by atoms with Crippen LogP contribution in [0.1, 0.15) is 247 Å². The first-order chi connectivity index (χ1) is 30.7. The molecule has 0 aromatic carbocycles. The van der Waals surface area contributed by atoms with Gasteiger partial charge in [-0.05, 0) is 82.7 Å². The fourth-order valence-corrected chi connectivity index (χ4v) is 8.52. The van der Waals surface area contributed by atoms with Crippen molar-refractivity contribution in [3.63, 3.8) is 0 Å². The normalized spacial score (nSPS) is 12.9. The van der Waals surface area contributed by atoms with E-state index in [4.69, 9.17) is 9.47 Å². The molecule has 0 heterocycles. The van der Waals surface area contributed by atoms with E-state index in [-0.39, 0.29) is 30.4 Å². The molecule has 2 N–H and O–H groups in total. The van der Waals surface area contributed by atoms with Crippen LogP contribution in [-0.2, 0) is 28.7 Å². The lowest BCUT2D eigenvalue weighted by atomic mass is 9.96. The van der Waals surface area contributed by atoms with E-state index < -0.39 is 6.04 Å². The van der Waals surface area contributed by atoms with Gasteiger partial charge in [-0.15, -0.1) is 0 Å². The summed E-state index contributed by atoms with van der Waals surface area (Å²) in [5.74, 6) is 0.683. The fourth-order valence-electron chi connectivity index (χ4n) is 8.52. The zero-order valence-electron chi connectivity index (χ0n) is 42.3. The van der Waals surface area contributed by atoms with Crippen LogP contribution in [0.15, 0.2) is 0 Å². The standard InChI is InChI=1S/C53H103N3O7/c1-7-13-17-26-35-47(33-15-9-3)45-62-51(59)38-29-23-20-19-22-28-37-49(56(42-32-44-57)50(58)40-43-55(11-5)12-6)53(61)54-41-31-25-21-24-30-39-52(60)63-46-48(34-16-10-4)36-27-18-14-8-2/h47-49,57H,7-46H2,1-6H3,(H,54,61). The van der Waals surface area contributed by atoms with Gasteiger partial charge in [0.15, 0.2) is 0 Å². The largest absolute Gasteiger partial charge is 0.465 e. The smallest absolute Gasteiger partial charge is 0.305 e. The first kappa shape index (κ1) is 60.8. The number of carbonyl (C=O) groups excluding carboxylic acids is 4. The average Bonchev–Trinajstić information content (AvgIpc) is 3.28. The number of ether oxygens (including phenoxy) is 2. The highest BCUT2D eigenvalue weighted by atomic mass is 16.5. The average molecular weight is 894 g/mol. The molecule has 10 heteroatoms. The van der Waals surface area contributed by atoms with E-state index in [0.29, 0.717) is 76.8 Å². The van der Waals surface area contributed by atoms with Crippen molar-refractivity contribution in [3.8, 4) is 0 Å². The van der Waals surface area contributed by atoms with E-state index in [1.807, 2.05) is 0 Å².